The Morgan fingerprint density at radius 3 is 1.49 bits per heavy atom. The molecule has 0 aliphatic carbocycles. The summed E-state index contributed by atoms with van der Waals surface area (Å²) in [5.41, 5.74) is 9.35. The summed E-state index contributed by atoms with van der Waals surface area (Å²) >= 11 is 0. The first-order valence-electron chi connectivity index (χ1n) is 15.3. The van der Waals surface area contributed by atoms with Crippen molar-refractivity contribution in [1.82, 2.24) is 18.7 Å². The fraction of sp³-hybridized carbons (Fsp3) is 0. The molecule has 4 heterocycles. The molecular formula is C41H26N4. The summed E-state index contributed by atoms with van der Waals surface area (Å²) in [4.78, 5) is 4.77. The highest BCUT2D eigenvalue weighted by Crippen LogP contribution is 2.40. The third kappa shape index (κ3) is 3.39. The van der Waals surface area contributed by atoms with E-state index in [2.05, 4.69) is 159 Å². The number of rotatable bonds is 3. The van der Waals surface area contributed by atoms with E-state index < -0.39 is 0 Å². The third-order valence-electron chi connectivity index (χ3n) is 9.27. The predicted octanol–water partition coefficient (Wildman–Crippen LogP) is 10.4. The normalized spacial score (nSPS) is 12.0. The highest BCUT2D eigenvalue weighted by Gasteiger charge is 2.20. The molecule has 0 saturated carbocycles. The zero-order chi connectivity index (χ0) is 29.5. The standard InChI is InChI=1S/C41H26N4/c1-2-12-27(13-3-1)43-35-17-7-4-14-29(35)32-22-21-28(24-38(32)43)44-36-18-8-5-15-30(36)33-25-34-31-16-6-9-19-37(31)45(40(34)26-39(33)44)41-20-10-11-23-42-41/h1-26H. The molecule has 10 aromatic rings. The van der Waals surface area contributed by atoms with E-state index in [9.17, 15) is 0 Å². The number of fused-ring (bicyclic) bond motifs is 9. The average molecular weight is 575 g/mol. The SMILES string of the molecule is c1ccc(-n2c3ccccc3c3ccc(-n4c5ccccc5c5cc6c7ccccc7n(-c7ccccn7)c6cc54)cc32)cc1. The molecule has 0 bridgehead atoms. The van der Waals surface area contributed by atoms with Gasteiger partial charge in [-0.05, 0) is 66.7 Å². The molecule has 4 aromatic heterocycles. The first kappa shape index (κ1) is 24.3. The van der Waals surface area contributed by atoms with Crippen molar-refractivity contribution in [1.29, 1.82) is 0 Å². The summed E-state index contributed by atoms with van der Waals surface area (Å²) in [6.07, 6.45) is 1.87. The van der Waals surface area contributed by atoms with Gasteiger partial charge in [-0.15, -0.1) is 0 Å². The van der Waals surface area contributed by atoms with Crippen LogP contribution in [0, 0.1) is 0 Å². The van der Waals surface area contributed by atoms with Crippen LogP contribution in [0.2, 0.25) is 0 Å². The van der Waals surface area contributed by atoms with E-state index in [-0.39, 0.29) is 0 Å². The van der Waals surface area contributed by atoms with Gasteiger partial charge >= 0.3 is 0 Å². The Kier molecular flexibility index (Phi) is 4.96. The van der Waals surface area contributed by atoms with Gasteiger partial charge in [-0.25, -0.2) is 4.98 Å². The van der Waals surface area contributed by atoms with Crippen LogP contribution in [-0.4, -0.2) is 18.7 Å². The van der Waals surface area contributed by atoms with E-state index in [1.807, 2.05) is 12.3 Å². The quantitative estimate of drug-likeness (QED) is 0.206. The van der Waals surface area contributed by atoms with Crippen molar-refractivity contribution in [2.45, 2.75) is 0 Å². The van der Waals surface area contributed by atoms with Crippen molar-refractivity contribution < 1.29 is 0 Å². The summed E-state index contributed by atoms with van der Waals surface area (Å²) < 4.78 is 7.11. The molecule has 4 heteroatoms. The van der Waals surface area contributed by atoms with E-state index >= 15 is 0 Å². The smallest absolute Gasteiger partial charge is 0.137 e. The van der Waals surface area contributed by atoms with Crippen molar-refractivity contribution in [3.8, 4) is 17.2 Å². The summed E-state index contributed by atoms with van der Waals surface area (Å²) in [5.74, 6) is 0.916. The first-order valence-corrected chi connectivity index (χ1v) is 15.3. The predicted molar refractivity (Wildman–Crippen MR) is 187 cm³/mol. The van der Waals surface area contributed by atoms with Crippen LogP contribution in [0.3, 0.4) is 0 Å². The lowest BCUT2D eigenvalue weighted by Crippen LogP contribution is -1.98. The minimum Gasteiger partial charge on any atom is -0.309 e. The molecule has 0 saturated heterocycles. The number of benzene rings is 6. The minimum absolute atomic E-state index is 0.916. The van der Waals surface area contributed by atoms with Crippen molar-refractivity contribution in [3.05, 3.63) is 158 Å². The van der Waals surface area contributed by atoms with E-state index in [0.29, 0.717) is 0 Å². The summed E-state index contributed by atoms with van der Waals surface area (Å²) in [7, 11) is 0. The van der Waals surface area contributed by atoms with Gasteiger partial charge < -0.3 is 9.13 Å². The molecule has 0 fully saturated rings. The minimum atomic E-state index is 0.916. The van der Waals surface area contributed by atoms with Gasteiger partial charge in [-0.3, -0.25) is 4.57 Å². The lowest BCUT2D eigenvalue weighted by atomic mass is 10.1. The summed E-state index contributed by atoms with van der Waals surface area (Å²) in [5, 5.41) is 7.44. The van der Waals surface area contributed by atoms with Crippen molar-refractivity contribution in [2.75, 3.05) is 0 Å². The van der Waals surface area contributed by atoms with Crippen molar-refractivity contribution in [3.63, 3.8) is 0 Å². The largest absolute Gasteiger partial charge is 0.309 e. The molecule has 210 valence electrons. The Hall–Kier alpha value is -6.13. The summed E-state index contributed by atoms with van der Waals surface area (Å²) in [6, 6.07) is 54.5. The zero-order valence-corrected chi connectivity index (χ0v) is 24.3. The molecule has 0 spiro atoms. The maximum Gasteiger partial charge on any atom is 0.137 e. The fourth-order valence-corrected chi connectivity index (χ4v) is 7.40. The van der Waals surface area contributed by atoms with E-state index in [4.69, 9.17) is 4.98 Å². The number of hydrogen-bond acceptors (Lipinski definition) is 1. The highest BCUT2D eigenvalue weighted by atomic mass is 15.1. The van der Waals surface area contributed by atoms with E-state index in [1.165, 1.54) is 54.4 Å². The molecule has 45 heavy (non-hydrogen) atoms. The van der Waals surface area contributed by atoms with Gasteiger partial charge in [-0.2, -0.15) is 0 Å². The Morgan fingerprint density at radius 2 is 0.822 bits per heavy atom. The monoisotopic (exact) mass is 574 g/mol. The van der Waals surface area contributed by atoms with Crippen LogP contribution in [-0.2, 0) is 0 Å². The molecule has 0 aliphatic rings. The Labute approximate surface area is 258 Å². The number of aromatic nitrogens is 4. The number of hydrogen-bond donors (Lipinski definition) is 0. The third-order valence-corrected chi connectivity index (χ3v) is 9.27. The van der Waals surface area contributed by atoms with Crippen LogP contribution in [0.15, 0.2) is 158 Å². The number of para-hydroxylation sites is 4. The van der Waals surface area contributed by atoms with E-state index in [1.54, 1.807) is 0 Å². The van der Waals surface area contributed by atoms with Crippen molar-refractivity contribution in [2.24, 2.45) is 0 Å². The Bertz CT molecular complexity index is 2750. The first-order chi connectivity index (χ1) is 22.3. The zero-order valence-electron chi connectivity index (χ0n) is 24.3. The molecular weight excluding hydrogens is 548 g/mol. The fourth-order valence-electron chi connectivity index (χ4n) is 7.40. The molecule has 0 radical (unpaired) electrons. The molecule has 4 nitrogen and oxygen atoms in total. The van der Waals surface area contributed by atoms with Gasteiger partial charge in [0.1, 0.15) is 5.82 Å². The topological polar surface area (TPSA) is 27.7 Å². The van der Waals surface area contributed by atoms with Gasteiger partial charge in [0.2, 0.25) is 0 Å². The summed E-state index contributed by atoms with van der Waals surface area (Å²) in [6.45, 7) is 0. The highest BCUT2D eigenvalue weighted by molar-refractivity contribution is 6.19. The van der Waals surface area contributed by atoms with Crippen LogP contribution in [0.25, 0.3) is 82.6 Å². The van der Waals surface area contributed by atoms with Crippen LogP contribution in [0.5, 0.6) is 0 Å². The maximum atomic E-state index is 4.77. The second kappa shape index (κ2) is 9.18. The Morgan fingerprint density at radius 1 is 0.311 bits per heavy atom. The number of nitrogens with zero attached hydrogens (tertiary/aromatic N) is 4. The second-order valence-corrected chi connectivity index (χ2v) is 11.7. The van der Waals surface area contributed by atoms with E-state index in [0.717, 1.165) is 28.2 Å². The van der Waals surface area contributed by atoms with Gasteiger partial charge in [0.05, 0.1) is 33.1 Å². The molecule has 0 aliphatic heterocycles. The molecule has 0 N–H and O–H groups in total. The van der Waals surface area contributed by atoms with Gasteiger partial charge in [0.15, 0.2) is 0 Å². The number of pyridine rings is 1. The second-order valence-electron chi connectivity index (χ2n) is 11.7. The van der Waals surface area contributed by atoms with Gasteiger partial charge in [-0.1, -0.05) is 84.9 Å². The van der Waals surface area contributed by atoms with Crippen LogP contribution >= 0.6 is 0 Å². The molecule has 6 aromatic carbocycles. The Balaban J connectivity index is 1.34. The molecule has 0 amide bonds. The van der Waals surface area contributed by atoms with Crippen LogP contribution in [0.4, 0.5) is 0 Å². The van der Waals surface area contributed by atoms with Crippen LogP contribution < -0.4 is 0 Å². The lowest BCUT2D eigenvalue weighted by Gasteiger charge is -2.12. The maximum absolute atomic E-state index is 4.77. The average Bonchev–Trinajstić information content (AvgIpc) is 3.73. The van der Waals surface area contributed by atoms with Gasteiger partial charge in [0.25, 0.3) is 0 Å². The van der Waals surface area contributed by atoms with Gasteiger partial charge in [0, 0.05) is 49.9 Å². The molecule has 0 atom stereocenters. The lowest BCUT2D eigenvalue weighted by molar-refractivity contribution is 1.08. The molecule has 10 rings (SSSR count). The van der Waals surface area contributed by atoms with Crippen LogP contribution in [0.1, 0.15) is 0 Å². The molecule has 0 unspecified atom stereocenters. The van der Waals surface area contributed by atoms with Crippen molar-refractivity contribution >= 4 is 65.4 Å².